The SMILES string of the molecule is O=C(Nc1ccc(F)c(F)c1F)c1ccc(NCc2cccnc2)cn1. The summed E-state index contributed by atoms with van der Waals surface area (Å²) in [4.78, 5) is 20.0. The number of hydrogen-bond donors (Lipinski definition) is 2. The molecule has 0 atom stereocenters. The van der Waals surface area contributed by atoms with Crippen LogP contribution in [0.1, 0.15) is 16.1 Å². The van der Waals surface area contributed by atoms with Gasteiger partial charge in [0.05, 0.1) is 17.6 Å². The summed E-state index contributed by atoms with van der Waals surface area (Å²) in [5.74, 6) is -5.18. The van der Waals surface area contributed by atoms with Gasteiger partial charge in [-0.05, 0) is 35.9 Å². The molecule has 0 bridgehead atoms. The van der Waals surface area contributed by atoms with Crippen molar-refractivity contribution in [3.8, 4) is 0 Å². The third-order valence-electron chi connectivity index (χ3n) is 3.50. The summed E-state index contributed by atoms with van der Waals surface area (Å²) in [7, 11) is 0. The molecule has 0 spiro atoms. The molecule has 26 heavy (non-hydrogen) atoms. The molecule has 132 valence electrons. The maximum atomic E-state index is 13.6. The zero-order chi connectivity index (χ0) is 18.5. The molecule has 1 amide bonds. The van der Waals surface area contributed by atoms with Crippen molar-refractivity contribution in [1.29, 1.82) is 0 Å². The molecule has 0 unspecified atom stereocenters. The predicted molar refractivity (Wildman–Crippen MR) is 90.1 cm³/mol. The van der Waals surface area contributed by atoms with Crippen LogP contribution in [-0.2, 0) is 6.54 Å². The molecule has 1 aromatic carbocycles. The highest BCUT2D eigenvalue weighted by Crippen LogP contribution is 2.20. The number of nitrogens with one attached hydrogen (secondary N) is 2. The van der Waals surface area contributed by atoms with Gasteiger partial charge in [-0.25, -0.2) is 18.2 Å². The molecule has 2 N–H and O–H groups in total. The van der Waals surface area contributed by atoms with E-state index in [1.807, 2.05) is 12.1 Å². The van der Waals surface area contributed by atoms with E-state index in [-0.39, 0.29) is 5.69 Å². The Balaban J connectivity index is 1.64. The number of aromatic nitrogens is 2. The average Bonchev–Trinajstić information content (AvgIpc) is 2.68. The number of carbonyl (C=O) groups is 1. The number of halogens is 3. The fourth-order valence-corrected chi connectivity index (χ4v) is 2.15. The minimum atomic E-state index is -1.65. The standard InChI is InChI=1S/C18H13F3N4O/c19-13-4-6-14(17(21)16(13)20)25-18(26)15-5-3-12(10-24-15)23-9-11-2-1-7-22-8-11/h1-8,10,23H,9H2,(H,25,26). The lowest BCUT2D eigenvalue weighted by molar-refractivity contribution is 0.102. The van der Waals surface area contributed by atoms with Crippen LogP contribution in [0.15, 0.2) is 55.0 Å². The molecular weight excluding hydrogens is 345 g/mol. The van der Waals surface area contributed by atoms with Crippen LogP contribution in [0.25, 0.3) is 0 Å². The molecule has 3 aromatic rings. The van der Waals surface area contributed by atoms with E-state index in [1.54, 1.807) is 18.5 Å². The maximum Gasteiger partial charge on any atom is 0.274 e. The second-order valence-electron chi connectivity index (χ2n) is 5.32. The first-order chi connectivity index (χ1) is 12.5. The monoisotopic (exact) mass is 358 g/mol. The van der Waals surface area contributed by atoms with E-state index in [4.69, 9.17) is 0 Å². The van der Waals surface area contributed by atoms with E-state index in [1.165, 1.54) is 12.3 Å². The van der Waals surface area contributed by atoms with Crippen molar-refractivity contribution < 1.29 is 18.0 Å². The Morgan fingerprint density at radius 1 is 1.00 bits per heavy atom. The van der Waals surface area contributed by atoms with E-state index >= 15 is 0 Å². The molecule has 0 saturated heterocycles. The molecule has 5 nitrogen and oxygen atoms in total. The van der Waals surface area contributed by atoms with Gasteiger partial charge in [0.25, 0.3) is 5.91 Å². The van der Waals surface area contributed by atoms with E-state index in [0.29, 0.717) is 12.2 Å². The van der Waals surface area contributed by atoms with Crippen molar-refractivity contribution in [3.63, 3.8) is 0 Å². The fraction of sp³-hybridized carbons (Fsp3) is 0.0556. The first-order valence-electron chi connectivity index (χ1n) is 7.58. The van der Waals surface area contributed by atoms with Crippen molar-refractivity contribution in [3.05, 3.63) is 83.7 Å². The highest BCUT2D eigenvalue weighted by Gasteiger charge is 2.16. The molecule has 3 rings (SSSR count). The Labute approximate surface area is 146 Å². The Kier molecular flexibility index (Phi) is 5.12. The van der Waals surface area contributed by atoms with E-state index in [2.05, 4.69) is 20.6 Å². The number of amides is 1. The minimum absolute atomic E-state index is 0.000982. The predicted octanol–water partition coefficient (Wildman–Crippen LogP) is 3.76. The lowest BCUT2D eigenvalue weighted by Gasteiger charge is -2.08. The van der Waals surface area contributed by atoms with Crippen molar-refractivity contribution >= 4 is 17.3 Å². The number of hydrogen-bond acceptors (Lipinski definition) is 4. The van der Waals surface area contributed by atoms with Gasteiger partial charge in [-0.15, -0.1) is 0 Å². The maximum absolute atomic E-state index is 13.6. The summed E-state index contributed by atoms with van der Waals surface area (Å²) < 4.78 is 39.7. The van der Waals surface area contributed by atoms with Crippen LogP contribution in [0, 0.1) is 17.5 Å². The summed E-state index contributed by atoms with van der Waals surface area (Å²) in [5, 5.41) is 5.27. The van der Waals surface area contributed by atoms with E-state index in [9.17, 15) is 18.0 Å². The van der Waals surface area contributed by atoms with Crippen LogP contribution in [-0.4, -0.2) is 15.9 Å². The summed E-state index contributed by atoms with van der Waals surface area (Å²) in [6.07, 6.45) is 4.83. The molecule has 8 heteroatoms. The Morgan fingerprint density at radius 3 is 2.54 bits per heavy atom. The zero-order valence-corrected chi connectivity index (χ0v) is 13.3. The molecule has 0 fully saturated rings. The first-order valence-corrected chi connectivity index (χ1v) is 7.58. The summed E-state index contributed by atoms with van der Waals surface area (Å²) >= 11 is 0. The topological polar surface area (TPSA) is 66.9 Å². The van der Waals surface area contributed by atoms with Crippen LogP contribution < -0.4 is 10.6 Å². The Hall–Kier alpha value is -3.42. The van der Waals surface area contributed by atoms with Crippen LogP contribution in [0.2, 0.25) is 0 Å². The van der Waals surface area contributed by atoms with E-state index in [0.717, 1.165) is 17.7 Å². The number of benzene rings is 1. The van der Waals surface area contributed by atoms with Crippen molar-refractivity contribution in [2.24, 2.45) is 0 Å². The second-order valence-corrected chi connectivity index (χ2v) is 5.32. The smallest absolute Gasteiger partial charge is 0.274 e. The molecule has 0 radical (unpaired) electrons. The molecular formula is C18H13F3N4O. The summed E-state index contributed by atoms with van der Waals surface area (Å²) in [6, 6.07) is 8.45. The van der Waals surface area contributed by atoms with Gasteiger partial charge < -0.3 is 10.6 Å². The third-order valence-corrected chi connectivity index (χ3v) is 3.50. The molecule has 2 heterocycles. The third kappa shape index (κ3) is 3.97. The van der Waals surface area contributed by atoms with Gasteiger partial charge in [0.15, 0.2) is 17.5 Å². The van der Waals surface area contributed by atoms with Crippen molar-refractivity contribution in [2.75, 3.05) is 10.6 Å². The first kappa shape index (κ1) is 17.4. The molecule has 0 aliphatic rings. The lowest BCUT2D eigenvalue weighted by Crippen LogP contribution is -2.15. The molecule has 0 aliphatic carbocycles. The van der Waals surface area contributed by atoms with Gasteiger partial charge in [0.1, 0.15) is 5.69 Å². The number of rotatable bonds is 5. The normalized spacial score (nSPS) is 10.4. The van der Waals surface area contributed by atoms with Gasteiger partial charge >= 0.3 is 0 Å². The van der Waals surface area contributed by atoms with Crippen molar-refractivity contribution in [2.45, 2.75) is 6.54 Å². The second kappa shape index (κ2) is 7.64. The van der Waals surface area contributed by atoms with E-state index < -0.39 is 29.0 Å². The Morgan fingerprint density at radius 2 is 1.85 bits per heavy atom. The van der Waals surface area contributed by atoms with Gasteiger partial charge in [-0.1, -0.05) is 6.07 Å². The van der Waals surface area contributed by atoms with Gasteiger partial charge in [-0.3, -0.25) is 9.78 Å². The molecule has 2 aromatic heterocycles. The van der Waals surface area contributed by atoms with Crippen molar-refractivity contribution in [1.82, 2.24) is 9.97 Å². The summed E-state index contributed by atoms with van der Waals surface area (Å²) in [6.45, 7) is 0.529. The quantitative estimate of drug-likeness (QED) is 0.682. The highest BCUT2D eigenvalue weighted by atomic mass is 19.2. The van der Waals surface area contributed by atoms with Gasteiger partial charge in [0, 0.05) is 18.9 Å². The number of anilines is 2. The van der Waals surface area contributed by atoms with Crippen LogP contribution in [0.4, 0.5) is 24.5 Å². The average molecular weight is 358 g/mol. The molecule has 0 aliphatic heterocycles. The lowest BCUT2D eigenvalue weighted by atomic mass is 10.2. The number of pyridine rings is 2. The van der Waals surface area contributed by atoms with Crippen LogP contribution in [0.5, 0.6) is 0 Å². The van der Waals surface area contributed by atoms with Crippen LogP contribution >= 0.6 is 0 Å². The summed E-state index contributed by atoms with van der Waals surface area (Å²) in [5.41, 5.74) is 1.18. The fourth-order valence-electron chi connectivity index (χ4n) is 2.15. The Bertz CT molecular complexity index is 918. The number of nitrogens with zero attached hydrogens (tertiary/aromatic N) is 2. The zero-order valence-electron chi connectivity index (χ0n) is 13.3. The minimum Gasteiger partial charge on any atom is -0.380 e. The van der Waals surface area contributed by atoms with Gasteiger partial charge in [0.2, 0.25) is 0 Å². The highest BCUT2D eigenvalue weighted by molar-refractivity contribution is 6.03. The van der Waals surface area contributed by atoms with Crippen LogP contribution in [0.3, 0.4) is 0 Å². The van der Waals surface area contributed by atoms with Gasteiger partial charge in [-0.2, -0.15) is 0 Å². The number of carbonyl (C=O) groups excluding carboxylic acids is 1. The largest absolute Gasteiger partial charge is 0.380 e. The molecule has 0 saturated carbocycles.